The molecule has 2 saturated heterocycles. The van der Waals surface area contributed by atoms with Crippen LogP contribution in [-0.2, 0) is 21.1 Å². The van der Waals surface area contributed by atoms with Gasteiger partial charge in [-0.3, -0.25) is 4.79 Å². The quantitative estimate of drug-likeness (QED) is 0.527. The van der Waals surface area contributed by atoms with E-state index in [1.54, 1.807) is 26.4 Å². The molecule has 188 valence electrons. The molecule has 1 amide bonds. The van der Waals surface area contributed by atoms with E-state index < -0.39 is 9.84 Å². The highest BCUT2D eigenvalue weighted by atomic mass is 32.2. The number of aliphatic imine (C=N–C) groups is 1. The van der Waals surface area contributed by atoms with Crippen molar-refractivity contribution in [3.05, 3.63) is 48.0 Å². The smallest absolute Gasteiger partial charge is 0.252 e. The van der Waals surface area contributed by atoms with Crippen molar-refractivity contribution in [1.29, 1.82) is 0 Å². The minimum Gasteiger partial charge on any atom is -0.493 e. The average Bonchev–Trinajstić information content (AvgIpc) is 3.30. The first-order chi connectivity index (χ1) is 16.8. The van der Waals surface area contributed by atoms with Gasteiger partial charge in [0.2, 0.25) is 0 Å². The Morgan fingerprint density at radius 2 is 1.74 bits per heavy atom. The van der Waals surface area contributed by atoms with Gasteiger partial charge in [-0.25, -0.2) is 8.42 Å². The summed E-state index contributed by atoms with van der Waals surface area (Å²) in [5, 5.41) is 0.408. The first-order valence-corrected chi connectivity index (χ1v) is 14.3. The molecule has 0 saturated carbocycles. The van der Waals surface area contributed by atoms with E-state index >= 15 is 0 Å². The number of amides is 1. The zero-order valence-electron chi connectivity index (χ0n) is 20.4. The first-order valence-electron chi connectivity index (χ1n) is 11.6. The lowest BCUT2D eigenvalue weighted by Gasteiger charge is -2.26. The zero-order chi connectivity index (χ0) is 25.2. The van der Waals surface area contributed by atoms with E-state index in [2.05, 4.69) is 23.7 Å². The molecular weight excluding hydrogens is 486 g/mol. The summed E-state index contributed by atoms with van der Waals surface area (Å²) in [4.78, 5) is 21.6. The maximum absolute atomic E-state index is 12.9. The molecular formula is C25H31N3O5S2. The van der Waals surface area contributed by atoms with E-state index in [4.69, 9.17) is 9.47 Å². The monoisotopic (exact) mass is 517 g/mol. The van der Waals surface area contributed by atoms with E-state index in [0.717, 1.165) is 30.0 Å². The summed E-state index contributed by atoms with van der Waals surface area (Å²) >= 11 is 1.38. The van der Waals surface area contributed by atoms with Gasteiger partial charge in [-0.15, -0.1) is 0 Å². The SMILES string of the molecule is CCN(CC)c1ccc(N2C(=NC(=O)Cc3ccc(OC)c(OC)c3)S[C@@H]3CS(=O)(=O)C[C@@H]32)cc1. The highest BCUT2D eigenvalue weighted by molar-refractivity contribution is 8.16. The number of sulfone groups is 1. The van der Waals surface area contributed by atoms with E-state index in [1.165, 1.54) is 11.8 Å². The van der Waals surface area contributed by atoms with Crippen molar-refractivity contribution in [3.8, 4) is 11.5 Å². The summed E-state index contributed by atoms with van der Waals surface area (Å²) in [6, 6.07) is 13.1. The molecule has 0 aliphatic carbocycles. The number of amidine groups is 1. The first kappa shape index (κ1) is 25.4. The normalized spacial score (nSPS) is 21.7. The number of benzene rings is 2. The van der Waals surface area contributed by atoms with Crippen LogP contribution in [0.1, 0.15) is 19.4 Å². The number of hydrogen-bond donors (Lipinski definition) is 0. The van der Waals surface area contributed by atoms with Gasteiger partial charge in [-0.1, -0.05) is 17.8 Å². The standard InChI is InChI=1S/C25H31N3O5S2/c1-5-27(6-2)18-8-10-19(11-9-18)28-20-15-35(30,31)16-23(20)34-25(28)26-24(29)14-17-7-12-21(32-3)22(13-17)33-4/h7-13,20,23H,5-6,14-16H2,1-4H3/t20-,23+/m0/s1. The van der Waals surface area contributed by atoms with Crippen LogP contribution >= 0.6 is 11.8 Å². The van der Waals surface area contributed by atoms with Crippen LogP contribution in [0.5, 0.6) is 11.5 Å². The lowest BCUT2D eigenvalue weighted by Crippen LogP contribution is -2.37. The second kappa shape index (κ2) is 10.5. The molecule has 2 aromatic carbocycles. The Labute approximate surface area is 211 Å². The average molecular weight is 518 g/mol. The van der Waals surface area contributed by atoms with Crippen molar-refractivity contribution in [1.82, 2.24) is 0 Å². The molecule has 4 rings (SSSR count). The topological polar surface area (TPSA) is 88.5 Å². The lowest BCUT2D eigenvalue weighted by atomic mass is 10.1. The van der Waals surface area contributed by atoms with Crippen LogP contribution in [0.3, 0.4) is 0 Å². The Hall–Kier alpha value is -2.72. The van der Waals surface area contributed by atoms with Crippen LogP contribution in [0.2, 0.25) is 0 Å². The molecule has 0 unspecified atom stereocenters. The van der Waals surface area contributed by atoms with Crippen LogP contribution in [-0.4, -0.2) is 69.6 Å². The fourth-order valence-corrected chi connectivity index (χ4v) is 8.52. The molecule has 2 fully saturated rings. The number of fused-ring (bicyclic) bond motifs is 1. The van der Waals surface area contributed by atoms with Crippen LogP contribution in [0, 0.1) is 0 Å². The maximum Gasteiger partial charge on any atom is 0.252 e. The Balaban J connectivity index is 1.61. The predicted octanol–water partition coefficient (Wildman–Crippen LogP) is 3.39. The fourth-order valence-electron chi connectivity index (χ4n) is 4.59. The summed E-state index contributed by atoms with van der Waals surface area (Å²) in [7, 11) is -0.0148. The minimum absolute atomic E-state index is 0.0609. The Kier molecular flexibility index (Phi) is 7.61. The maximum atomic E-state index is 12.9. The number of ether oxygens (including phenoxy) is 2. The molecule has 10 heteroatoms. The number of methoxy groups -OCH3 is 2. The number of anilines is 2. The number of hydrogen-bond acceptors (Lipinski definition) is 7. The van der Waals surface area contributed by atoms with Gasteiger partial charge in [0.15, 0.2) is 26.5 Å². The summed E-state index contributed by atoms with van der Waals surface area (Å²) in [6.07, 6.45) is 0.104. The lowest BCUT2D eigenvalue weighted by molar-refractivity contribution is -0.117. The fraction of sp³-hybridized carbons (Fsp3) is 0.440. The molecule has 0 bridgehead atoms. The zero-order valence-corrected chi connectivity index (χ0v) is 22.1. The molecule has 2 aromatic rings. The van der Waals surface area contributed by atoms with Crippen molar-refractivity contribution in [2.24, 2.45) is 4.99 Å². The summed E-state index contributed by atoms with van der Waals surface area (Å²) in [5.41, 5.74) is 2.71. The van der Waals surface area contributed by atoms with E-state index in [-0.39, 0.29) is 35.1 Å². The number of thioether (sulfide) groups is 1. The van der Waals surface area contributed by atoms with E-state index in [9.17, 15) is 13.2 Å². The van der Waals surface area contributed by atoms with Crippen LogP contribution in [0.15, 0.2) is 47.5 Å². The summed E-state index contributed by atoms with van der Waals surface area (Å²) < 4.78 is 35.3. The molecule has 0 aromatic heterocycles. The van der Waals surface area contributed by atoms with Gasteiger partial charge in [0.05, 0.1) is 38.2 Å². The number of rotatable bonds is 8. The van der Waals surface area contributed by atoms with Gasteiger partial charge in [0.25, 0.3) is 5.91 Å². The molecule has 0 spiro atoms. The third-order valence-electron chi connectivity index (χ3n) is 6.35. The van der Waals surface area contributed by atoms with Crippen molar-refractivity contribution in [2.45, 2.75) is 31.6 Å². The van der Waals surface area contributed by atoms with Gasteiger partial charge in [0.1, 0.15) is 0 Å². The predicted molar refractivity (Wildman–Crippen MR) is 142 cm³/mol. The summed E-state index contributed by atoms with van der Waals surface area (Å²) in [5.74, 6) is 1.00. The minimum atomic E-state index is -3.13. The van der Waals surface area contributed by atoms with Crippen molar-refractivity contribution in [3.63, 3.8) is 0 Å². The highest BCUT2D eigenvalue weighted by Gasteiger charge is 2.49. The number of carbonyl (C=O) groups is 1. The Morgan fingerprint density at radius 1 is 1.06 bits per heavy atom. The van der Waals surface area contributed by atoms with E-state index in [0.29, 0.717) is 16.7 Å². The summed E-state index contributed by atoms with van der Waals surface area (Å²) in [6.45, 7) is 6.01. The van der Waals surface area contributed by atoms with Crippen molar-refractivity contribution in [2.75, 3.05) is 48.6 Å². The molecule has 2 aliphatic heterocycles. The van der Waals surface area contributed by atoms with Gasteiger partial charge in [0, 0.05) is 29.7 Å². The molecule has 35 heavy (non-hydrogen) atoms. The second-order valence-corrected chi connectivity index (χ2v) is 11.9. The molecule has 0 N–H and O–H groups in total. The molecule has 2 atom stereocenters. The van der Waals surface area contributed by atoms with Crippen LogP contribution < -0.4 is 19.3 Å². The van der Waals surface area contributed by atoms with Crippen LogP contribution in [0.4, 0.5) is 11.4 Å². The Morgan fingerprint density at radius 3 is 2.37 bits per heavy atom. The van der Waals surface area contributed by atoms with Crippen molar-refractivity contribution >= 4 is 44.0 Å². The van der Waals surface area contributed by atoms with Crippen molar-refractivity contribution < 1.29 is 22.7 Å². The largest absolute Gasteiger partial charge is 0.493 e. The third-order valence-corrected chi connectivity index (χ3v) is 9.56. The number of carbonyl (C=O) groups excluding carboxylic acids is 1. The highest BCUT2D eigenvalue weighted by Crippen LogP contribution is 2.41. The molecule has 2 heterocycles. The molecule has 2 aliphatic rings. The van der Waals surface area contributed by atoms with Gasteiger partial charge in [-0.05, 0) is 55.8 Å². The van der Waals surface area contributed by atoms with E-state index in [1.807, 2.05) is 35.2 Å². The third kappa shape index (κ3) is 5.43. The second-order valence-electron chi connectivity index (χ2n) is 8.51. The van der Waals surface area contributed by atoms with Crippen LogP contribution in [0.25, 0.3) is 0 Å². The molecule has 0 radical (unpaired) electrons. The van der Waals surface area contributed by atoms with Gasteiger partial charge >= 0.3 is 0 Å². The van der Waals surface area contributed by atoms with Gasteiger partial charge in [-0.2, -0.15) is 4.99 Å². The Bertz CT molecular complexity index is 1210. The molecule has 8 nitrogen and oxygen atoms in total. The van der Waals surface area contributed by atoms with Gasteiger partial charge < -0.3 is 19.3 Å². The number of nitrogens with zero attached hydrogens (tertiary/aromatic N) is 3.